The van der Waals surface area contributed by atoms with Gasteiger partial charge in [0.25, 0.3) is 0 Å². The van der Waals surface area contributed by atoms with E-state index in [4.69, 9.17) is 4.52 Å². The zero-order valence-corrected chi connectivity index (χ0v) is 10.1. The van der Waals surface area contributed by atoms with Gasteiger partial charge < -0.3 is 9.63 Å². The molecule has 1 saturated carbocycles. The molecular formula is C12H14N4O2. The molecule has 94 valence electrons. The van der Waals surface area contributed by atoms with E-state index in [-0.39, 0.29) is 12.0 Å². The molecule has 0 spiro atoms. The first-order valence-electron chi connectivity index (χ1n) is 6.05. The first-order valence-corrected chi connectivity index (χ1v) is 6.05. The van der Waals surface area contributed by atoms with Crippen molar-refractivity contribution in [2.75, 3.05) is 0 Å². The van der Waals surface area contributed by atoms with Gasteiger partial charge in [0.1, 0.15) is 0 Å². The van der Waals surface area contributed by atoms with Crippen molar-refractivity contribution in [3.05, 3.63) is 23.8 Å². The third-order valence-electron chi connectivity index (χ3n) is 3.22. The highest BCUT2D eigenvalue weighted by Gasteiger charge is 2.31. The quantitative estimate of drug-likeness (QED) is 0.863. The number of nitrogens with zero attached hydrogens (tertiary/aromatic N) is 4. The fraction of sp³-hybridized carbons (Fsp3) is 0.500. The summed E-state index contributed by atoms with van der Waals surface area (Å²) in [5, 5.41) is 13.7. The zero-order chi connectivity index (χ0) is 12.5. The highest BCUT2D eigenvalue weighted by molar-refractivity contribution is 5.41. The van der Waals surface area contributed by atoms with Crippen molar-refractivity contribution in [3.8, 4) is 11.6 Å². The van der Waals surface area contributed by atoms with Crippen LogP contribution in [0.5, 0.6) is 0 Å². The minimum atomic E-state index is -0.378. The molecule has 1 fully saturated rings. The standard InChI is InChI=1S/C12H14N4O2/c1-7-5-13-10(14-6-7)11-15-12(18-16-11)8-3-2-4-9(8)17/h5-6,8-9,17H,2-4H2,1H3. The van der Waals surface area contributed by atoms with Crippen molar-refractivity contribution in [3.63, 3.8) is 0 Å². The van der Waals surface area contributed by atoms with E-state index >= 15 is 0 Å². The number of aliphatic hydroxyl groups is 1. The summed E-state index contributed by atoms with van der Waals surface area (Å²) in [7, 11) is 0. The predicted octanol–water partition coefficient (Wildman–Crippen LogP) is 1.46. The van der Waals surface area contributed by atoms with E-state index in [1.54, 1.807) is 12.4 Å². The molecule has 0 saturated heterocycles. The first-order chi connectivity index (χ1) is 8.74. The van der Waals surface area contributed by atoms with Crippen LogP contribution in [0.3, 0.4) is 0 Å². The molecule has 1 aliphatic rings. The highest BCUT2D eigenvalue weighted by Crippen LogP contribution is 2.34. The lowest BCUT2D eigenvalue weighted by Crippen LogP contribution is -2.11. The molecule has 2 unspecified atom stereocenters. The van der Waals surface area contributed by atoms with Crippen molar-refractivity contribution in [2.24, 2.45) is 0 Å². The van der Waals surface area contributed by atoms with E-state index in [1.165, 1.54) is 0 Å². The minimum Gasteiger partial charge on any atom is -0.392 e. The molecule has 1 N–H and O–H groups in total. The van der Waals surface area contributed by atoms with Crippen LogP contribution in [0.2, 0.25) is 0 Å². The third-order valence-corrected chi connectivity index (χ3v) is 3.22. The van der Waals surface area contributed by atoms with Crippen LogP contribution in [0.15, 0.2) is 16.9 Å². The number of aromatic nitrogens is 4. The van der Waals surface area contributed by atoms with Crippen LogP contribution in [-0.4, -0.2) is 31.3 Å². The molecule has 0 aromatic carbocycles. The van der Waals surface area contributed by atoms with Crippen LogP contribution in [-0.2, 0) is 0 Å². The average Bonchev–Trinajstić information content (AvgIpc) is 2.98. The number of aliphatic hydroxyl groups excluding tert-OH is 1. The molecule has 2 aromatic heterocycles. The van der Waals surface area contributed by atoms with Crippen LogP contribution in [0.25, 0.3) is 11.6 Å². The van der Waals surface area contributed by atoms with Crippen LogP contribution in [0.1, 0.15) is 36.6 Å². The number of hydrogen-bond donors (Lipinski definition) is 1. The topological polar surface area (TPSA) is 84.9 Å². The lowest BCUT2D eigenvalue weighted by molar-refractivity contribution is 0.148. The van der Waals surface area contributed by atoms with E-state index < -0.39 is 0 Å². The smallest absolute Gasteiger partial charge is 0.240 e. The predicted molar refractivity (Wildman–Crippen MR) is 62.7 cm³/mol. The second-order valence-corrected chi connectivity index (χ2v) is 4.64. The normalized spacial score (nSPS) is 23.4. The summed E-state index contributed by atoms with van der Waals surface area (Å²) in [6.07, 6.45) is 5.72. The second-order valence-electron chi connectivity index (χ2n) is 4.64. The molecule has 2 heterocycles. The largest absolute Gasteiger partial charge is 0.392 e. The summed E-state index contributed by atoms with van der Waals surface area (Å²) in [6, 6.07) is 0. The molecule has 6 nitrogen and oxygen atoms in total. The van der Waals surface area contributed by atoms with Crippen LogP contribution >= 0.6 is 0 Å². The van der Waals surface area contributed by atoms with E-state index in [0.29, 0.717) is 17.5 Å². The van der Waals surface area contributed by atoms with Gasteiger partial charge in [0, 0.05) is 12.4 Å². The highest BCUT2D eigenvalue weighted by atomic mass is 16.5. The number of hydrogen-bond acceptors (Lipinski definition) is 6. The average molecular weight is 246 g/mol. The maximum absolute atomic E-state index is 9.80. The molecule has 0 aliphatic heterocycles. The summed E-state index contributed by atoms with van der Waals surface area (Å²) in [4.78, 5) is 12.6. The minimum absolute atomic E-state index is 0.0447. The van der Waals surface area contributed by atoms with Gasteiger partial charge in [0.2, 0.25) is 17.5 Å². The Balaban J connectivity index is 1.87. The van der Waals surface area contributed by atoms with Crippen molar-refractivity contribution < 1.29 is 9.63 Å². The van der Waals surface area contributed by atoms with Crippen molar-refractivity contribution in [1.82, 2.24) is 20.1 Å². The summed E-state index contributed by atoms with van der Waals surface area (Å²) in [5.41, 5.74) is 0.980. The Morgan fingerprint density at radius 3 is 2.67 bits per heavy atom. The van der Waals surface area contributed by atoms with Crippen LogP contribution in [0.4, 0.5) is 0 Å². The van der Waals surface area contributed by atoms with Gasteiger partial charge in [-0.15, -0.1) is 0 Å². The zero-order valence-electron chi connectivity index (χ0n) is 10.1. The lowest BCUT2D eigenvalue weighted by atomic mass is 10.1. The Labute approximate surface area is 104 Å². The molecule has 18 heavy (non-hydrogen) atoms. The van der Waals surface area contributed by atoms with Crippen molar-refractivity contribution in [2.45, 2.75) is 38.2 Å². The summed E-state index contributed by atoms with van der Waals surface area (Å²) >= 11 is 0. The fourth-order valence-corrected chi connectivity index (χ4v) is 2.21. The summed E-state index contributed by atoms with van der Waals surface area (Å²) in [6.45, 7) is 1.92. The summed E-state index contributed by atoms with van der Waals surface area (Å²) in [5.74, 6) is 1.27. The van der Waals surface area contributed by atoms with Gasteiger partial charge in [-0.3, -0.25) is 0 Å². The van der Waals surface area contributed by atoms with Gasteiger partial charge in [-0.2, -0.15) is 4.98 Å². The Morgan fingerprint density at radius 1 is 1.22 bits per heavy atom. The van der Waals surface area contributed by atoms with Gasteiger partial charge >= 0.3 is 0 Å². The molecule has 0 amide bonds. The number of rotatable bonds is 2. The molecular weight excluding hydrogens is 232 g/mol. The second kappa shape index (κ2) is 4.45. The molecule has 2 aromatic rings. The van der Waals surface area contributed by atoms with Crippen molar-refractivity contribution >= 4 is 0 Å². The maximum Gasteiger partial charge on any atom is 0.240 e. The molecule has 2 atom stereocenters. The van der Waals surface area contributed by atoms with Gasteiger partial charge in [0.05, 0.1) is 12.0 Å². The molecule has 0 radical (unpaired) electrons. The molecule has 6 heteroatoms. The Bertz CT molecular complexity index is 537. The molecule has 3 rings (SSSR count). The molecule has 1 aliphatic carbocycles. The van der Waals surface area contributed by atoms with E-state index in [2.05, 4.69) is 20.1 Å². The van der Waals surface area contributed by atoms with E-state index in [1.807, 2.05) is 6.92 Å². The Kier molecular flexibility index (Phi) is 2.79. The van der Waals surface area contributed by atoms with Gasteiger partial charge in [-0.1, -0.05) is 5.16 Å². The first kappa shape index (κ1) is 11.3. The third kappa shape index (κ3) is 1.99. The SMILES string of the molecule is Cc1cnc(-c2noc(C3CCCC3O)n2)nc1. The van der Waals surface area contributed by atoms with Crippen LogP contribution < -0.4 is 0 Å². The van der Waals surface area contributed by atoms with Crippen molar-refractivity contribution in [1.29, 1.82) is 0 Å². The van der Waals surface area contributed by atoms with Gasteiger partial charge in [-0.25, -0.2) is 9.97 Å². The fourth-order valence-electron chi connectivity index (χ4n) is 2.21. The van der Waals surface area contributed by atoms with E-state index in [0.717, 1.165) is 24.8 Å². The number of aryl methyl sites for hydroxylation is 1. The van der Waals surface area contributed by atoms with Gasteiger partial charge in [-0.05, 0) is 31.7 Å². The lowest BCUT2D eigenvalue weighted by Gasteiger charge is -2.07. The Hall–Kier alpha value is -1.82. The Morgan fingerprint density at radius 2 is 2.00 bits per heavy atom. The molecule has 0 bridgehead atoms. The monoisotopic (exact) mass is 246 g/mol. The van der Waals surface area contributed by atoms with E-state index in [9.17, 15) is 5.11 Å². The van der Waals surface area contributed by atoms with Crippen LogP contribution in [0, 0.1) is 6.92 Å². The van der Waals surface area contributed by atoms with Gasteiger partial charge in [0.15, 0.2) is 0 Å². The summed E-state index contributed by atoms with van der Waals surface area (Å²) < 4.78 is 5.20. The maximum atomic E-state index is 9.80.